The van der Waals surface area contributed by atoms with Crippen LogP contribution in [0.4, 0.5) is 5.82 Å². The summed E-state index contributed by atoms with van der Waals surface area (Å²) in [7, 11) is 0. The quantitative estimate of drug-likeness (QED) is 0.864. The molecule has 2 aromatic rings. The molecule has 3 nitrogen and oxygen atoms in total. The van der Waals surface area contributed by atoms with E-state index in [9.17, 15) is 0 Å². The normalized spacial score (nSPS) is 10.4. The first-order valence-corrected chi connectivity index (χ1v) is 6.28. The van der Waals surface area contributed by atoms with Gasteiger partial charge < -0.3 is 5.73 Å². The van der Waals surface area contributed by atoms with Crippen molar-refractivity contribution in [3.63, 3.8) is 0 Å². The number of rotatable bonds is 2. The Balaban J connectivity index is 2.31. The minimum absolute atomic E-state index is 0.535. The van der Waals surface area contributed by atoms with E-state index in [2.05, 4.69) is 25.9 Å². The molecular weight excluding hydrogens is 286 g/mol. The molecule has 0 fully saturated rings. The van der Waals surface area contributed by atoms with Crippen LogP contribution < -0.4 is 5.73 Å². The topological polar surface area (TPSA) is 51.8 Å². The first-order valence-electron chi connectivity index (χ1n) is 4.67. The van der Waals surface area contributed by atoms with Crippen LogP contribution in [0.15, 0.2) is 45.0 Å². The molecule has 2 N–H and O–H groups in total. The average molecular weight is 296 g/mol. The maximum Gasteiger partial charge on any atom is 0.130 e. The molecule has 82 valence electrons. The highest BCUT2D eigenvalue weighted by atomic mass is 79.9. The fourth-order valence-electron chi connectivity index (χ4n) is 1.19. The van der Waals surface area contributed by atoms with Crippen LogP contribution in [-0.2, 0) is 0 Å². The van der Waals surface area contributed by atoms with Gasteiger partial charge in [0.1, 0.15) is 17.2 Å². The summed E-state index contributed by atoms with van der Waals surface area (Å²) in [5.41, 5.74) is 6.65. The van der Waals surface area contributed by atoms with E-state index < -0.39 is 0 Å². The Kier molecular flexibility index (Phi) is 3.46. The molecule has 2 rings (SSSR count). The standard InChI is InChI=1S/C11H10BrN3S/c1-7-10(13)14-6-15-11(7)16-9-4-2-3-8(12)5-9/h2-6H,1H3,(H2,13,14,15). The molecule has 1 heterocycles. The van der Waals surface area contributed by atoms with Gasteiger partial charge in [0.25, 0.3) is 0 Å². The molecule has 0 saturated heterocycles. The maximum atomic E-state index is 5.73. The lowest BCUT2D eigenvalue weighted by molar-refractivity contribution is 1.01. The molecule has 1 aromatic carbocycles. The summed E-state index contributed by atoms with van der Waals surface area (Å²) in [5.74, 6) is 0.535. The lowest BCUT2D eigenvalue weighted by Gasteiger charge is -2.05. The summed E-state index contributed by atoms with van der Waals surface area (Å²) >= 11 is 5.02. The molecular formula is C11H10BrN3S. The fraction of sp³-hybridized carbons (Fsp3) is 0.0909. The first-order chi connectivity index (χ1) is 7.66. The van der Waals surface area contributed by atoms with E-state index in [-0.39, 0.29) is 0 Å². The molecule has 0 amide bonds. The fourth-order valence-corrected chi connectivity index (χ4v) is 2.66. The van der Waals surface area contributed by atoms with E-state index in [0.29, 0.717) is 5.82 Å². The van der Waals surface area contributed by atoms with E-state index in [4.69, 9.17) is 5.73 Å². The third-order valence-corrected chi connectivity index (χ3v) is 3.68. The van der Waals surface area contributed by atoms with Crippen molar-refractivity contribution in [2.24, 2.45) is 0 Å². The Bertz CT molecular complexity index is 516. The van der Waals surface area contributed by atoms with Crippen molar-refractivity contribution in [2.75, 3.05) is 5.73 Å². The molecule has 0 unspecified atom stereocenters. The van der Waals surface area contributed by atoms with Gasteiger partial charge in [-0.1, -0.05) is 33.8 Å². The van der Waals surface area contributed by atoms with Gasteiger partial charge >= 0.3 is 0 Å². The van der Waals surface area contributed by atoms with Gasteiger partial charge in [-0.3, -0.25) is 0 Å². The van der Waals surface area contributed by atoms with Gasteiger partial charge in [0.2, 0.25) is 0 Å². The van der Waals surface area contributed by atoms with Crippen molar-refractivity contribution in [1.29, 1.82) is 0 Å². The van der Waals surface area contributed by atoms with E-state index in [1.807, 2.05) is 31.2 Å². The van der Waals surface area contributed by atoms with Crippen molar-refractivity contribution >= 4 is 33.5 Å². The third-order valence-electron chi connectivity index (χ3n) is 2.09. The van der Waals surface area contributed by atoms with Crippen LogP contribution in [0, 0.1) is 6.92 Å². The minimum atomic E-state index is 0.535. The largest absolute Gasteiger partial charge is 0.383 e. The van der Waals surface area contributed by atoms with E-state index in [0.717, 1.165) is 20.0 Å². The molecule has 0 aliphatic rings. The van der Waals surface area contributed by atoms with Crippen molar-refractivity contribution in [2.45, 2.75) is 16.8 Å². The molecule has 0 bridgehead atoms. The van der Waals surface area contributed by atoms with Crippen molar-refractivity contribution in [3.8, 4) is 0 Å². The Morgan fingerprint density at radius 3 is 2.88 bits per heavy atom. The average Bonchev–Trinajstić information content (AvgIpc) is 2.25. The number of nitrogens with two attached hydrogens (primary N) is 1. The van der Waals surface area contributed by atoms with Gasteiger partial charge in [-0.2, -0.15) is 0 Å². The predicted octanol–water partition coefficient (Wildman–Crippen LogP) is 3.28. The summed E-state index contributed by atoms with van der Waals surface area (Å²) in [4.78, 5) is 9.28. The van der Waals surface area contributed by atoms with E-state index >= 15 is 0 Å². The highest BCUT2D eigenvalue weighted by Gasteiger charge is 2.06. The highest BCUT2D eigenvalue weighted by molar-refractivity contribution is 9.10. The Morgan fingerprint density at radius 1 is 1.31 bits per heavy atom. The SMILES string of the molecule is Cc1c(N)ncnc1Sc1cccc(Br)c1. The monoisotopic (exact) mass is 295 g/mol. The summed E-state index contributed by atoms with van der Waals surface area (Å²) < 4.78 is 1.05. The van der Waals surface area contributed by atoms with Crippen molar-refractivity contribution < 1.29 is 0 Å². The van der Waals surface area contributed by atoms with E-state index in [1.54, 1.807) is 11.8 Å². The van der Waals surface area contributed by atoms with Gasteiger partial charge in [-0.15, -0.1) is 0 Å². The number of nitrogens with zero attached hydrogens (tertiary/aromatic N) is 2. The number of benzene rings is 1. The molecule has 0 saturated carbocycles. The van der Waals surface area contributed by atoms with Crippen LogP contribution in [0.2, 0.25) is 0 Å². The van der Waals surface area contributed by atoms with Gasteiger partial charge in [-0.05, 0) is 25.1 Å². The van der Waals surface area contributed by atoms with Crippen LogP contribution in [0.1, 0.15) is 5.56 Å². The Labute approximate surface area is 107 Å². The van der Waals surface area contributed by atoms with Crippen molar-refractivity contribution in [3.05, 3.63) is 40.6 Å². The van der Waals surface area contributed by atoms with Crippen LogP contribution in [0.3, 0.4) is 0 Å². The second kappa shape index (κ2) is 4.84. The molecule has 0 aliphatic carbocycles. The second-order valence-electron chi connectivity index (χ2n) is 3.25. The van der Waals surface area contributed by atoms with Gasteiger partial charge in [-0.25, -0.2) is 9.97 Å². The van der Waals surface area contributed by atoms with Crippen LogP contribution >= 0.6 is 27.7 Å². The van der Waals surface area contributed by atoms with Crippen LogP contribution in [0.5, 0.6) is 0 Å². The van der Waals surface area contributed by atoms with Gasteiger partial charge in [0.15, 0.2) is 0 Å². The molecule has 0 spiro atoms. The predicted molar refractivity (Wildman–Crippen MR) is 69.4 cm³/mol. The lowest BCUT2D eigenvalue weighted by Crippen LogP contribution is -1.97. The Hall–Kier alpha value is -1.07. The first kappa shape index (κ1) is 11.4. The van der Waals surface area contributed by atoms with Gasteiger partial charge in [0.05, 0.1) is 0 Å². The minimum Gasteiger partial charge on any atom is -0.383 e. The molecule has 1 aromatic heterocycles. The summed E-state index contributed by atoms with van der Waals surface area (Å²) in [6, 6.07) is 8.06. The van der Waals surface area contributed by atoms with Gasteiger partial charge in [0, 0.05) is 14.9 Å². The molecule has 0 aliphatic heterocycles. The number of nitrogen functional groups attached to an aromatic ring is 1. The summed E-state index contributed by atoms with van der Waals surface area (Å²) in [6.07, 6.45) is 1.49. The van der Waals surface area contributed by atoms with Crippen molar-refractivity contribution in [1.82, 2.24) is 9.97 Å². The number of halogens is 1. The maximum absolute atomic E-state index is 5.73. The number of hydrogen-bond acceptors (Lipinski definition) is 4. The summed E-state index contributed by atoms with van der Waals surface area (Å²) in [6.45, 7) is 1.93. The number of hydrogen-bond donors (Lipinski definition) is 1. The molecule has 5 heteroatoms. The second-order valence-corrected chi connectivity index (χ2v) is 5.23. The number of aromatic nitrogens is 2. The third kappa shape index (κ3) is 2.54. The Morgan fingerprint density at radius 2 is 2.12 bits per heavy atom. The highest BCUT2D eigenvalue weighted by Crippen LogP contribution is 2.31. The van der Waals surface area contributed by atoms with Crippen LogP contribution in [0.25, 0.3) is 0 Å². The zero-order valence-electron chi connectivity index (χ0n) is 8.64. The molecule has 0 atom stereocenters. The smallest absolute Gasteiger partial charge is 0.130 e. The van der Waals surface area contributed by atoms with Crippen LogP contribution in [-0.4, -0.2) is 9.97 Å². The number of anilines is 1. The summed E-state index contributed by atoms with van der Waals surface area (Å²) in [5, 5.41) is 0.894. The van der Waals surface area contributed by atoms with E-state index in [1.165, 1.54) is 6.33 Å². The zero-order valence-corrected chi connectivity index (χ0v) is 11.0. The molecule has 0 radical (unpaired) electrons. The zero-order chi connectivity index (χ0) is 11.5. The lowest BCUT2D eigenvalue weighted by atomic mass is 10.3. The molecule has 16 heavy (non-hydrogen) atoms.